The Balaban J connectivity index is 1.88. The number of hydrogen-bond donors (Lipinski definition) is 1. The van der Waals surface area contributed by atoms with Crippen molar-refractivity contribution in [2.24, 2.45) is 0 Å². The molecule has 4 aromatic rings. The predicted octanol–water partition coefficient (Wildman–Crippen LogP) is 5.57. The second-order valence-corrected chi connectivity index (χ2v) is 9.23. The average molecular weight is 543 g/mol. The molecule has 40 heavy (non-hydrogen) atoms. The molecule has 1 N–H and O–H groups in total. The van der Waals surface area contributed by atoms with Crippen LogP contribution in [0.3, 0.4) is 0 Å². The lowest BCUT2D eigenvalue weighted by atomic mass is 9.80. The molecule has 4 rings (SSSR count). The van der Waals surface area contributed by atoms with E-state index in [-0.39, 0.29) is 19.8 Å². The maximum absolute atomic E-state index is 11.9. The van der Waals surface area contributed by atoms with Crippen molar-refractivity contribution in [3.63, 3.8) is 0 Å². The maximum atomic E-state index is 11.9. The number of carbonyl (C=O) groups excluding carboxylic acids is 1. The van der Waals surface area contributed by atoms with Crippen LogP contribution in [0.5, 0.6) is 17.2 Å². The zero-order chi connectivity index (χ0) is 28.5. The summed E-state index contributed by atoms with van der Waals surface area (Å²) in [7, 11) is 4.56. The lowest BCUT2D eigenvalue weighted by Gasteiger charge is -2.36. The lowest BCUT2D eigenvalue weighted by Crippen LogP contribution is -2.33. The molecule has 208 valence electrons. The third kappa shape index (κ3) is 6.11. The SMILES string of the molecule is COC(=O)COc1c(CO)cc(C)cc1COC(c1ccccc1)(c1ccc(OC)cc1)c1ccc(OC)cc1. The van der Waals surface area contributed by atoms with Gasteiger partial charge in [0.05, 0.1) is 34.5 Å². The monoisotopic (exact) mass is 542 g/mol. The van der Waals surface area contributed by atoms with E-state index < -0.39 is 11.6 Å². The first-order valence-corrected chi connectivity index (χ1v) is 12.9. The molecule has 0 bridgehead atoms. The number of carbonyl (C=O) groups is 1. The summed E-state index contributed by atoms with van der Waals surface area (Å²) in [4.78, 5) is 11.9. The Bertz CT molecular complexity index is 1350. The molecule has 0 amide bonds. The summed E-state index contributed by atoms with van der Waals surface area (Å²) in [5.74, 6) is 1.33. The highest BCUT2D eigenvalue weighted by molar-refractivity contribution is 5.71. The first kappa shape index (κ1) is 28.7. The van der Waals surface area contributed by atoms with E-state index in [1.54, 1.807) is 14.2 Å². The molecule has 0 aromatic heterocycles. The van der Waals surface area contributed by atoms with Crippen LogP contribution in [0.1, 0.15) is 33.4 Å². The highest BCUT2D eigenvalue weighted by Crippen LogP contribution is 2.43. The number of hydrogen-bond acceptors (Lipinski definition) is 7. The van der Waals surface area contributed by atoms with Crippen LogP contribution in [0.25, 0.3) is 0 Å². The third-order valence-corrected chi connectivity index (χ3v) is 6.74. The van der Waals surface area contributed by atoms with Gasteiger partial charge in [0.15, 0.2) is 6.61 Å². The van der Waals surface area contributed by atoms with E-state index in [9.17, 15) is 9.90 Å². The van der Waals surface area contributed by atoms with Gasteiger partial charge in [-0.2, -0.15) is 0 Å². The van der Waals surface area contributed by atoms with Crippen molar-refractivity contribution >= 4 is 5.97 Å². The Morgan fingerprint density at radius 1 is 0.750 bits per heavy atom. The number of esters is 1. The van der Waals surface area contributed by atoms with Crippen LogP contribution in [-0.4, -0.2) is 39.0 Å². The summed E-state index contributed by atoms with van der Waals surface area (Å²) in [5, 5.41) is 10.1. The van der Waals surface area contributed by atoms with Gasteiger partial charge in [0.1, 0.15) is 22.8 Å². The average Bonchev–Trinajstić information content (AvgIpc) is 3.01. The van der Waals surface area contributed by atoms with Crippen molar-refractivity contribution in [2.75, 3.05) is 27.9 Å². The van der Waals surface area contributed by atoms with Crippen molar-refractivity contribution in [1.29, 1.82) is 0 Å². The standard InChI is InChI=1S/C33H34O7/c1-23-18-24(20-34)32(39-22-31(35)38-4)25(19-23)21-40-33(26-8-6-5-7-9-26,27-10-14-29(36-2)15-11-27)28-12-16-30(37-3)17-13-28/h5-19,34H,20-22H2,1-4H3. The Kier molecular flexibility index (Phi) is 9.43. The van der Waals surface area contributed by atoms with Crippen molar-refractivity contribution in [2.45, 2.75) is 25.7 Å². The summed E-state index contributed by atoms with van der Waals surface area (Å²) in [5.41, 5.74) is 3.82. The second-order valence-electron chi connectivity index (χ2n) is 9.23. The predicted molar refractivity (Wildman–Crippen MR) is 152 cm³/mol. The molecule has 0 heterocycles. The number of benzene rings is 4. The Morgan fingerprint density at radius 2 is 1.27 bits per heavy atom. The van der Waals surface area contributed by atoms with Crippen molar-refractivity contribution < 1.29 is 33.6 Å². The van der Waals surface area contributed by atoms with Gasteiger partial charge in [-0.15, -0.1) is 0 Å². The van der Waals surface area contributed by atoms with Crippen LogP contribution >= 0.6 is 0 Å². The number of aliphatic hydroxyl groups excluding tert-OH is 1. The molecular formula is C33H34O7. The van der Waals surface area contributed by atoms with E-state index in [1.807, 2.05) is 97.9 Å². The third-order valence-electron chi connectivity index (χ3n) is 6.74. The van der Waals surface area contributed by atoms with Gasteiger partial charge in [-0.1, -0.05) is 72.3 Å². The first-order valence-electron chi connectivity index (χ1n) is 12.9. The van der Waals surface area contributed by atoms with Crippen molar-refractivity contribution in [1.82, 2.24) is 0 Å². The van der Waals surface area contributed by atoms with Gasteiger partial charge in [0.2, 0.25) is 0 Å². The summed E-state index contributed by atoms with van der Waals surface area (Å²) in [6.45, 7) is 1.49. The first-order chi connectivity index (χ1) is 19.4. The molecule has 0 saturated heterocycles. The Labute approximate surface area is 234 Å². The summed E-state index contributed by atoms with van der Waals surface area (Å²) < 4.78 is 28.5. The molecule has 0 aliphatic carbocycles. The van der Waals surface area contributed by atoms with E-state index in [4.69, 9.17) is 23.7 Å². The Hall–Kier alpha value is -4.33. The van der Waals surface area contributed by atoms with Gasteiger partial charge in [0.25, 0.3) is 0 Å². The number of rotatable bonds is 12. The van der Waals surface area contributed by atoms with E-state index in [0.717, 1.165) is 33.8 Å². The topological polar surface area (TPSA) is 83.5 Å². The van der Waals surface area contributed by atoms with Gasteiger partial charge >= 0.3 is 5.97 Å². The molecule has 4 aromatic carbocycles. The summed E-state index contributed by atoms with van der Waals surface area (Å²) >= 11 is 0. The van der Waals surface area contributed by atoms with Gasteiger partial charge in [-0.05, 0) is 47.9 Å². The number of aryl methyl sites for hydroxylation is 1. The van der Waals surface area contributed by atoms with Crippen LogP contribution in [0, 0.1) is 6.92 Å². The smallest absolute Gasteiger partial charge is 0.343 e. The quantitative estimate of drug-likeness (QED) is 0.185. The molecule has 0 saturated carbocycles. The highest BCUT2D eigenvalue weighted by Gasteiger charge is 2.38. The van der Waals surface area contributed by atoms with Crippen LogP contribution in [0.2, 0.25) is 0 Å². The molecule has 0 radical (unpaired) electrons. The molecule has 0 fully saturated rings. The minimum absolute atomic E-state index is 0.109. The number of methoxy groups -OCH3 is 3. The normalized spacial score (nSPS) is 11.1. The lowest BCUT2D eigenvalue weighted by molar-refractivity contribution is -0.143. The minimum atomic E-state index is -1.04. The molecule has 7 nitrogen and oxygen atoms in total. The minimum Gasteiger partial charge on any atom is -0.497 e. The fourth-order valence-corrected chi connectivity index (χ4v) is 4.79. The number of aliphatic hydroxyl groups is 1. The zero-order valence-corrected chi connectivity index (χ0v) is 23.2. The summed E-state index contributed by atoms with van der Waals surface area (Å²) in [6.07, 6.45) is 0. The fourth-order valence-electron chi connectivity index (χ4n) is 4.79. The second kappa shape index (κ2) is 13.2. The van der Waals surface area contributed by atoms with Crippen LogP contribution < -0.4 is 14.2 Å². The van der Waals surface area contributed by atoms with E-state index in [0.29, 0.717) is 16.9 Å². The highest BCUT2D eigenvalue weighted by atomic mass is 16.6. The molecule has 0 unspecified atom stereocenters. The molecule has 0 aliphatic rings. The van der Waals surface area contributed by atoms with Gasteiger partial charge in [-0.25, -0.2) is 4.79 Å². The fraction of sp³-hybridized carbons (Fsp3) is 0.242. The summed E-state index contributed by atoms with van der Waals surface area (Å²) in [6, 6.07) is 29.3. The van der Waals surface area contributed by atoms with Gasteiger partial charge < -0.3 is 28.8 Å². The molecule has 0 aliphatic heterocycles. The molecule has 7 heteroatoms. The van der Waals surface area contributed by atoms with Crippen LogP contribution in [-0.2, 0) is 33.1 Å². The maximum Gasteiger partial charge on any atom is 0.343 e. The number of ether oxygens (including phenoxy) is 5. The van der Waals surface area contributed by atoms with Crippen LogP contribution in [0.15, 0.2) is 91.0 Å². The zero-order valence-electron chi connectivity index (χ0n) is 23.2. The van der Waals surface area contributed by atoms with Crippen LogP contribution in [0.4, 0.5) is 0 Å². The van der Waals surface area contributed by atoms with E-state index in [2.05, 4.69) is 0 Å². The van der Waals surface area contributed by atoms with E-state index >= 15 is 0 Å². The van der Waals surface area contributed by atoms with Gasteiger partial charge in [-0.3, -0.25) is 0 Å². The molecule has 0 atom stereocenters. The van der Waals surface area contributed by atoms with Gasteiger partial charge in [0, 0.05) is 11.1 Å². The molecule has 0 spiro atoms. The molecular weight excluding hydrogens is 508 g/mol. The Morgan fingerprint density at radius 3 is 1.77 bits per heavy atom. The van der Waals surface area contributed by atoms with Crippen molar-refractivity contribution in [3.8, 4) is 17.2 Å². The van der Waals surface area contributed by atoms with Crippen molar-refractivity contribution in [3.05, 3.63) is 124 Å². The van der Waals surface area contributed by atoms with E-state index in [1.165, 1.54) is 7.11 Å². The largest absolute Gasteiger partial charge is 0.497 e.